The second kappa shape index (κ2) is 5.76. The Balaban J connectivity index is 2.33. The molecule has 0 saturated heterocycles. The van der Waals surface area contributed by atoms with Gasteiger partial charge in [-0.3, -0.25) is 14.9 Å². The molecular formula is C13H8ClFN2O4. The van der Waals surface area contributed by atoms with Crippen molar-refractivity contribution < 1.29 is 19.2 Å². The Kier molecular flexibility index (Phi) is 4.04. The molecule has 2 aromatic carbocycles. The van der Waals surface area contributed by atoms with Gasteiger partial charge in [0.05, 0.1) is 21.2 Å². The summed E-state index contributed by atoms with van der Waals surface area (Å²) in [5.74, 6) is -2.18. The van der Waals surface area contributed by atoms with Crippen LogP contribution in [0.25, 0.3) is 0 Å². The van der Waals surface area contributed by atoms with Crippen LogP contribution in [0.3, 0.4) is 0 Å². The van der Waals surface area contributed by atoms with Gasteiger partial charge in [-0.25, -0.2) is 4.39 Å². The topological polar surface area (TPSA) is 92.5 Å². The van der Waals surface area contributed by atoms with E-state index in [9.17, 15) is 24.4 Å². The van der Waals surface area contributed by atoms with Crippen molar-refractivity contribution in [2.45, 2.75) is 0 Å². The lowest BCUT2D eigenvalue weighted by atomic mass is 10.2. The average molecular weight is 311 g/mol. The van der Waals surface area contributed by atoms with Crippen LogP contribution in [-0.4, -0.2) is 15.9 Å². The van der Waals surface area contributed by atoms with Crippen LogP contribution in [0, 0.1) is 15.9 Å². The number of non-ortho nitro benzene ring substituents is 1. The van der Waals surface area contributed by atoms with Crippen LogP contribution in [0.15, 0.2) is 36.4 Å². The maximum Gasteiger partial charge on any atom is 0.271 e. The molecule has 2 rings (SSSR count). The minimum Gasteiger partial charge on any atom is -0.506 e. The molecule has 0 heterocycles. The molecule has 0 aliphatic heterocycles. The van der Waals surface area contributed by atoms with E-state index in [-0.39, 0.29) is 27.7 Å². The third kappa shape index (κ3) is 3.09. The molecule has 0 aliphatic rings. The van der Waals surface area contributed by atoms with Crippen LogP contribution in [0.1, 0.15) is 10.4 Å². The summed E-state index contributed by atoms with van der Waals surface area (Å²) in [6.45, 7) is 0. The third-order valence-electron chi connectivity index (χ3n) is 2.64. The van der Waals surface area contributed by atoms with E-state index in [0.717, 1.165) is 18.2 Å². The fourth-order valence-corrected chi connectivity index (χ4v) is 1.78. The first-order chi connectivity index (χ1) is 9.90. The number of hydrogen-bond donors (Lipinski definition) is 2. The zero-order chi connectivity index (χ0) is 15.6. The van der Waals surface area contributed by atoms with Crippen LogP contribution in [-0.2, 0) is 0 Å². The van der Waals surface area contributed by atoms with E-state index in [1.165, 1.54) is 18.2 Å². The molecule has 8 heteroatoms. The third-order valence-corrected chi connectivity index (χ3v) is 2.93. The number of phenols is 1. The maximum atomic E-state index is 13.7. The van der Waals surface area contributed by atoms with Crippen molar-refractivity contribution >= 4 is 28.9 Å². The Labute approximate surface area is 122 Å². The molecule has 0 saturated carbocycles. The van der Waals surface area contributed by atoms with E-state index in [1.54, 1.807) is 0 Å². The Bertz CT molecular complexity index is 736. The standard InChI is InChI=1S/C13H8ClFN2O4/c14-9-3-1-2-8(12(9)15)13(19)16-10-6-7(17(20)21)4-5-11(10)18/h1-6,18H,(H,16,19). The number of nitrogens with one attached hydrogen (secondary N) is 1. The number of phenolic OH excluding ortho intramolecular Hbond substituents is 1. The Morgan fingerprint density at radius 1 is 1.33 bits per heavy atom. The fraction of sp³-hybridized carbons (Fsp3) is 0. The molecule has 0 radical (unpaired) electrons. The molecule has 108 valence electrons. The van der Waals surface area contributed by atoms with Crippen molar-refractivity contribution in [3.8, 4) is 5.75 Å². The van der Waals surface area contributed by atoms with Crippen molar-refractivity contribution in [2.75, 3.05) is 5.32 Å². The molecule has 0 spiro atoms. The second-order valence-electron chi connectivity index (χ2n) is 4.01. The molecule has 1 amide bonds. The first kappa shape index (κ1) is 14.7. The van der Waals surface area contributed by atoms with E-state index >= 15 is 0 Å². The number of halogens is 2. The summed E-state index contributed by atoms with van der Waals surface area (Å²) in [7, 11) is 0. The van der Waals surface area contributed by atoms with Gasteiger partial charge in [-0.15, -0.1) is 0 Å². The largest absolute Gasteiger partial charge is 0.506 e. The number of nitro groups is 1. The van der Waals surface area contributed by atoms with Crippen molar-refractivity contribution in [3.05, 3.63) is 62.9 Å². The number of anilines is 1. The van der Waals surface area contributed by atoms with Gasteiger partial charge in [-0.2, -0.15) is 0 Å². The van der Waals surface area contributed by atoms with Gasteiger partial charge in [-0.1, -0.05) is 17.7 Å². The second-order valence-corrected chi connectivity index (χ2v) is 4.42. The number of rotatable bonds is 3. The number of nitrogens with zero attached hydrogens (tertiary/aromatic N) is 1. The van der Waals surface area contributed by atoms with Crippen LogP contribution >= 0.6 is 11.6 Å². The van der Waals surface area contributed by atoms with Gasteiger partial charge in [0.25, 0.3) is 11.6 Å². The number of carbonyl (C=O) groups excluding carboxylic acids is 1. The van der Waals surface area contributed by atoms with Crippen LogP contribution in [0.4, 0.5) is 15.8 Å². The van der Waals surface area contributed by atoms with Crippen molar-refractivity contribution in [3.63, 3.8) is 0 Å². The van der Waals surface area contributed by atoms with Crippen molar-refractivity contribution in [1.29, 1.82) is 0 Å². The van der Waals surface area contributed by atoms with E-state index in [0.29, 0.717) is 0 Å². The highest BCUT2D eigenvalue weighted by Gasteiger charge is 2.17. The smallest absolute Gasteiger partial charge is 0.271 e. The Morgan fingerprint density at radius 3 is 2.71 bits per heavy atom. The molecule has 0 fully saturated rings. The number of carbonyl (C=O) groups is 1. The lowest BCUT2D eigenvalue weighted by molar-refractivity contribution is -0.384. The quantitative estimate of drug-likeness (QED) is 0.516. The number of nitro benzene ring substituents is 1. The zero-order valence-electron chi connectivity index (χ0n) is 10.3. The van der Waals surface area contributed by atoms with Crippen LogP contribution < -0.4 is 5.32 Å². The molecule has 21 heavy (non-hydrogen) atoms. The minimum atomic E-state index is -0.915. The van der Waals surface area contributed by atoms with Crippen LogP contribution in [0.2, 0.25) is 5.02 Å². The monoisotopic (exact) mass is 310 g/mol. The molecule has 6 nitrogen and oxygen atoms in total. The van der Waals surface area contributed by atoms with Crippen molar-refractivity contribution in [2.24, 2.45) is 0 Å². The molecule has 2 aromatic rings. The number of aromatic hydroxyl groups is 1. The summed E-state index contributed by atoms with van der Waals surface area (Å²) in [6, 6.07) is 6.96. The summed E-state index contributed by atoms with van der Waals surface area (Å²) < 4.78 is 13.7. The van der Waals surface area contributed by atoms with Gasteiger partial charge in [0.2, 0.25) is 0 Å². The SMILES string of the molecule is O=C(Nc1cc([N+](=O)[O-])ccc1O)c1cccc(Cl)c1F. The van der Waals surface area contributed by atoms with E-state index in [2.05, 4.69) is 5.32 Å². The summed E-state index contributed by atoms with van der Waals surface area (Å²) in [5.41, 5.74) is -0.864. The summed E-state index contributed by atoms with van der Waals surface area (Å²) in [6.07, 6.45) is 0. The highest BCUT2D eigenvalue weighted by Crippen LogP contribution is 2.28. The first-order valence-corrected chi connectivity index (χ1v) is 6.00. The van der Waals surface area contributed by atoms with Gasteiger partial charge in [-0.05, 0) is 18.2 Å². The number of benzene rings is 2. The summed E-state index contributed by atoms with van der Waals surface area (Å²) >= 11 is 5.57. The zero-order valence-corrected chi connectivity index (χ0v) is 11.1. The van der Waals surface area contributed by atoms with E-state index in [4.69, 9.17) is 11.6 Å². The lowest BCUT2D eigenvalue weighted by Crippen LogP contribution is -2.14. The number of amides is 1. The minimum absolute atomic E-state index is 0.200. The molecular weight excluding hydrogens is 303 g/mol. The summed E-state index contributed by atoms with van der Waals surface area (Å²) in [5, 5.41) is 22.2. The van der Waals surface area contributed by atoms with Gasteiger partial charge >= 0.3 is 0 Å². The van der Waals surface area contributed by atoms with E-state index < -0.39 is 16.6 Å². The molecule has 0 atom stereocenters. The number of hydrogen-bond acceptors (Lipinski definition) is 4. The molecule has 0 aliphatic carbocycles. The highest BCUT2D eigenvalue weighted by molar-refractivity contribution is 6.31. The van der Waals surface area contributed by atoms with Gasteiger partial charge in [0, 0.05) is 12.1 Å². The summed E-state index contributed by atoms with van der Waals surface area (Å²) in [4.78, 5) is 21.9. The fourth-order valence-electron chi connectivity index (χ4n) is 1.61. The highest BCUT2D eigenvalue weighted by atomic mass is 35.5. The molecule has 0 aromatic heterocycles. The maximum absolute atomic E-state index is 13.7. The van der Waals surface area contributed by atoms with Gasteiger partial charge < -0.3 is 10.4 Å². The molecule has 2 N–H and O–H groups in total. The van der Waals surface area contributed by atoms with Gasteiger partial charge in [0.1, 0.15) is 5.75 Å². The molecule has 0 bridgehead atoms. The van der Waals surface area contributed by atoms with Crippen molar-refractivity contribution in [1.82, 2.24) is 0 Å². The van der Waals surface area contributed by atoms with Crippen LogP contribution in [0.5, 0.6) is 5.75 Å². The average Bonchev–Trinajstić information content (AvgIpc) is 2.43. The predicted octanol–water partition coefficient (Wildman–Crippen LogP) is 3.35. The normalized spacial score (nSPS) is 10.2. The van der Waals surface area contributed by atoms with E-state index in [1.807, 2.05) is 0 Å². The van der Waals surface area contributed by atoms with Gasteiger partial charge in [0.15, 0.2) is 5.82 Å². The predicted molar refractivity (Wildman–Crippen MR) is 74.1 cm³/mol. The first-order valence-electron chi connectivity index (χ1n) is 5.63. The Hall–Kier alpha value is -2.67. The molecule has 0 unspecified atom stereocenters. The lowest BCUT2D eigenvalue weighted by Gasteiger charge is -2.08. The Morgan fingerprint density at radius 2 is 2.05 bits per heavy atom.